The molecule has 0 atom stereocenters. The highest BCUT2D eigenvalue weighted by molar-refractivity contribution is 7.98. The van der Waals surface area contributed by atoms with Crippen molar-refractivity contribution in [2.45, 2.75) is 4.90 Å². The maximum Gasteiger partial charge on any atom is 0.289 e. The molecule has 1 fully saturated rings. The van der Waals surface area contributed by atoms with Crippen LogP contribution in [-0.2, 0) is 0 Å². The number of anilines is 1. The number of aromatic nitrogens is 1. The molecular weight excluding hydrogens is 390 g/mol. The van der Waals surface area contributed by atoms with E-state index in [1.54, 1.807) is 23.1 Å². The Balaban J connectivity index is 1.31. The summed E-state index contributed by atoms with van der Waals surface area (Å²) >= 11 is 3.45. The normalized spacial score (nSPS) is 14.9. The number of benzene rings is 2. The zero-order chi connectivity index (χ0) is 19.1. The molecule has 1 saturated heterocycles. The van der Waals surface area contributed by atoms with E-state index in [9.17, 15) is 4.79 Å². The quantitative estimate of drug-likeness (QED) is 0.458. The first-order valence-corrected chi connectivity index (χ1v) is 11.2. The number of hydrogen-bond donors (Lipinski definition) is 0. The van der Waals surface area contributed by atoms with Gasteiger partial charge in [0.25, 0.3) is 5.91 Å². The second kappa shape index (κ2) is 7.14. The van der Waals surface area contributed by atoms with Crippen LogP contribution in [0.25, 0.3) is 21.2 Å². The number of carbonyl (C=O) groups is 1. The van der Waals surface area contributed by atoms with Gasteiger partial charge in [0, 0.05) is 36.5 Å². The van der Waals surface area contributed by atoms with Gasteiger partial charge in [-0.3, -0.25) is 4.79 Å². The Kier molecular flexibility index (Phi) is 4.49. The predicted molar refractivity (Wildman–Crippen MR) is 116 cm³/mol. The summed E-state index contributed by atoms with van der Waals surface area (Å²) in [6.07, 6.45) is 2.08. The first-order valence-electron chi connectivity index (χ1n) is 9.19. The SMILES string of the molecule is CSc1cccc2sc(N3CCN(C(=O)c4cc5ccccc5o4)CC3)nc12. The molecule has 7 heteroatoms. The lowest BCUT2D eigenvalue weighted by Crippen LogP contribution is -2.48. The third-order valence-corrected chi connectivity index (χ3v) is 6.91. The van der Waals surface area contributed by atoms with Crippen LogP contribution in [0.3, 0.4) is 0 Å². The van der Waals surface area contributed by atoms with Crippen molar-refractivity contribution in [1.82, 2.24) is 9.88 Å². The summed E-state index contributed by atoms with van der Waals surface area (Å²) in [6, 6.07) is 15.9. The molecule has 1 aliphatic heterocycles. The summed E-state index contributed by atoms with van der Waals surface area (Å²) in [4.78, 5) is 23.1. The molecule has 0 bridgehead atoms. The zero-order valence-corrected chi connectivity index (χ0v) is 17.1. The van der Waals surface area contributed by atoms with E-state index in [1.165, 1.54) is 9.60 Å². The molecule has 28 heavy (non-hydrogen) atoms. The van der Waals surface area contributed by atoms with Crippen molar-refractivity contribution in [2.75, 3.05) is 37.3 Å². The van der Waals surface area contributed by atoms with Gasteiger partial charge < -0.3 is 14.2 Å². The fraction of sp³-hybridized carbons (Fsp3) is 0.238. The van der Waals surface area contributed by atoms with Gasteiger partial charge in [-0.1, -0.05) is 35.6 Å². The number of amides is 1. The summed E-state index contributed by atoms with van der Waals surface area (Å²) in [5.74, 6) is 0.379. The lowest BCUT2D eigenvalue weighted by atomic mass is 10.2. The highest BCUT2D eigenvalue weighted by Gasteiger charge is 2.26. The summed E-state index contributed by atoms with van der Waals surface area (Å²) in [5.41, 5.74) is 1.83. The van der Waals surface area contributed by atoms with Crippen molar-refractivity contribution in [1.29, 1.82) is 0 Å². The van der Waals surface area contributed by atoms with Crippen LogP contribution in [0.1, 0.15) is 10.6 Å². The minimum absolute atomic E-state index is 0.0372. The van der Waals surface area contributed by atoms with Crippen LogP contribution in [-0.4, -0.2) is 48.2 Å². The molecule has 0 spiro atoms. The van der Waals surface area contributed by atoms with Crippen LogP contribution in [0.4, 0.5) is 5.13 Å². The molecule has 0 radical (unpaired) electrons. The lowest BCUT2D eigenvalue weighted by molar-refractivity contribution is 0.0717. The Bertz CT molecular complexity index is 1130. The molecule has 1 aliphatic rings. The van der Waals surface area contributed by atoms with E-state index in [2.05, 4.69) is 29.4 Å². The second-order valence-corrected chi connectivity index (χ2v) is 8.59. The Hall–Kier alpha value is -2.51. The minimum Gasteiger partial charge on any atom is -0.451 e. The van der Waals surface area contributed by atoms with Crippen molar-refractivity contribution in [3.63, 3.8) is 0 Å². The van der Waals surface area contributed by atoms with Gasteiger partial charge in [-0.2, -0.15) is 0 Å². The number of para-hydroxylation sites is 2. The number of hydrogen-bond acceptors (Lipinski definition) is 6. The number of rotatable bonds is 3. The molecule has 1 amide bonds. The van der Waals surface area contributed by atoms with Gasteiger partial charge in [-0.25, -0.2) is 4.98 Å². The minimum atomic E-state index is -0.0372. The Morgan fingerprint density at radius 1 is 1.11 bits per heavy atom. The smallest absolute Gasteiger partial charge is 0.289 e. The number of nitrogens with zero attached hydrogens (tertiary/aromatic N) is 3. The van der Waals surface area contributed by atoms with Crippen LogP contribution in [0.5, 0.6) is 0 Å². The Morgan fingerprint density at radius 3 is 2.71 bits per heavy atom. The maximum atomic E-state index is 12.8. The van der Waals surface area contributed by atoms with Gasteiger partial charge in [0.15, 0.2) is 10.9 Å². The average Bonchev–Trinajstić information content (AvgIpc) is 3.37. The molecule has 5 rings (SSSR count). The number of thiazole rings is 1. The molecule has 0 aliphatic carbocycles. The van der Waals surface area contributed by atoms with Gasteiger partial charge in [0.1, 0.15) is 5.58 Å². The third kappa shape index (κ3) is 3.04. The summed E-state index contributed by atoms with van der Waals surface area (Å²) in [5, 5.41) is 2.00. The van der Waals surface area contributed by atoms with Crippen molar-refractivity contribution < 1.29 is 9.21 Å². The molecular formula is C21H19N3O2S2. The second-order valence-electron chi connectivity index (χ2n) is 6.73. The zero-order valence-electron chi connectivity index (χ0n) is 15.4. The van der Waals surface area contributed by atoms with E-state index in [-0.39, 0.29) is 5.91 Å². The van der Waals surface area contributed by atoms with Gasteiger partial charge in [0.2, 0.25) is 0 Å². The van der Waals surface area contributed by atoms with Crippen molar-refractivity contribution >= 4 is 55.3 Å². The predicted octanol–water partition coefficient (Wildman–Crippen LogP) is 4.73. The standard InChI is InChI=1S/C21H19N3O2S2/c1-27-17-7-4-8-18-19(17)22-21(28-18)24-11-9-23(10-12-24)20(25)16-13-14-5-2-3-6-15(14)26-16/h2-8,13H,9-12H2,1H3. The van der Waals surface area contributed by atoms with E-state index in [0.717, 1.165) is 34.7 Å². The number of thioether (sulfide) groups is 1. The first-order chi connectivity index (χ1) is 13.7. The number of fused-ring (bicyclic) bond motifs is 2. The van der Waals surface area contributed by atoms with Gasteiger partial charge in [0.05, 0.1) is 10.2 Å². The molecule has 142 valence electrons. The van der Waals surface area contributed by atoms with Crippen LogP contribution in [0, 0.1) is 0 Å². The van der Waals surface area contributed by atoms with Gasteiger partial charge in [-0.05, 0) is 30.5 Å². The number of carbonyl (C=O) groups excluding carboxylic acids is 1. The summed E-state index contributed by atoms with van der Waals surface area (Å²) < 4.78 is 6.95. The molecule has 3 heterocycles. The highest BCUT2D eigenvalue weighted by Crippen LogP contribution is 2.34. The van der Waals surface area contributed by atoms with Crippen LogP contribution < -0.4 is 4.90 Å². The first kappa shape index (κ1) is 17.6. The van der Waals surface area contributed by atoms with Gasteiger partial charge in [-0.15, -0.1) is 11.8 Å². The molecule has 5 nitrogen and oxygen atoms in total. The van der Waals surface area contributed by atoms with Crippen LogP contribution in [0.2, 0.25) is 0 Å². The molecule has 2 aromatic carbocycles. The van der Waals surface area contributed by atoms with Crippen molar-refractivity contribution in [2.24, 2.45) is 0 Å². The lowest BCUT2D eigenvalue weighted by Gasteiger charge is -2.34. The van der Waals surface area contributed by atoms with Crippen molar-refractivity contribution in [3.05, 3.63) is 54.3 Å². The fourth-order valence-electron chi connectivity index (χ4n) is 3.56. The fourth-order valence-corrected chi connectivity index (χ4v) is 5.23. The molecule has 2 aromatic heterocycles. The van der Waals surface area contributed by atoms with Crippen LogP contribution in [0.15, 0.2) is 57.8 Å². The van der Waals surface area contributed by atoms with Crippen LogP contribution >= 0.6 is 23.1 Å². The van der Waals surface area contributed by atoms with Crippen molar-refractivity contribution in [3.8, 4) is 0 Å². The van der Waals surface area contributed by atoms with Gasteiger partial charge >= 0.3 is 0 Å². The summed E-state index contributed by atoms with van der Waals surface area (Å²) in [6.45, 7) is 2.89. The van der Waals surface area contributed by atoms with E-state index >= 15 is 0 Å². The topological polar surface area (TPSA) is 49.6 Å². The number of piperazine rings is 1. The highest BCUT2D eigenvalue weighted by atomic mass is 32.2. The van der Waals surface area contributed by atoms with E-state index < -0.39 is 0 Å². The Labute approximate surface area is 170 Å². The maximum absolute atomic E-state index is 12.8. The molecule has 0 unspecified atom stereocenters. The molecule has 4 aromatic rings. The molecule has 0 saturated carbocycles. The van der Waals surface area contributed by atoms with E-state index in [4.69, 9.17) is 9.40 Å². The molecule has 0 N–H and O–H groups in total. The summed E-state index contributed by atoms with van der Waals surface area (Å²) in [7, 11) is 0. The number of furan rings is 1. The third-order valence-electron chi connectivity index (χ3n) is 5.06. The van der Waals surface area contributed by atoms with E-state index in [1.807, 2.05) is 35.2 Å². The largest absolute Gasteiger partial charge is 0.451 e. The monoisotopic (exact) mass is 409 g/mol. The van der Waals surface area contributed by atoms with E-state index in [0.29, 0.717) is 18.8 Å². The Morgan fingerprint density at radius 2 is 1.93 bits per heavy atom. The average molecular weight is 410 g/mol.